The lowest BCUT2D eigenvalue weighted by atomic mass is 10.2. The van der Waals surface area contributed by atoms with Crippen LogP contribution in [0.2, 0.25) is 0 Å². The van der Waals surface area contributed by atoms with Crippen LogP contribution in [-0.4, -0.2) is 19.0 Å². The van der Waals surface area contributed by atoms with E-state index in [1.165, 1.54) is 26.2 Å². The molecule has 0 unspecified atom stereocenters. The zero-order valence-corrected chi connectivity index (χ0v) is 11.5. The van der Waals surface area contributed by atoms with E-state index in [4.69, 9.17) is 0 Å². The maximum absolute atomic E-state index is 12.4. The van der Waals surface area contributed by atoms with Gasteiger partial charge in [-0.15, -0.1) is 0 Å². The molecule has 0 amide bonds. The Bertz CT molecular complexity index is 1080. The zero-order valence-electron chi connectivity index (χ0n) is 11.5. The molecular formula is C12H9N5O5. The van der Waals surface area contributed by atoms with E-state index in [0.29, 0.717) is 0 Å². The normalized spacial score (nSPS) is 11.2. The van der Waals surface area contributed by atoms with Crippen LogP contribution >= 0.6 is 0 Å². The maximum Gasteiger partial charge on any atom is 0.332 e. The minimum absolute atomic E-state index is 0.0792. The summed E-state index contributed by atoms with van der Waals surface area (Å²) in [5.74, 6) is 0. The number of non-ortho nitro benzene ring substituents is 1. The van der Waals surface area contributed by atoms with Crippen LogP contribution in [0.3, 0.4) is 0 Å². The van der Waals surface area contributed by atoms with E-state index in [9.17, 15) is 24.9 Å². The molecule has 0 saturated heterocycles. The number of hydrogen-bond donors (Lipinski definition) is 0. The van der Waals surface area contributed by atoms with Crippen molar-refractivity contribution < 1.29 is 9.65 Å². The van der Waals surface area contributed by atoms with Crippen LogP contribution in [0.4, 0.5) is 5.69 Å². The summed E-state index contributed by atoms with van der Waals surface area (Å²) in [7, 11) is 2.62. The second kappa shape index (κ2) is 4.35. The summed E-state index contributed by atoms with van der Waals surface area (Å²) in [6, 6.07) is 3.53. The second-order valence-corrected chi connectivity index (χ2v) is 4.71. The van der Waals surface area contributed by atoms with E-state index in [-0.39, 0.29) is 32.6 Å². The van der Waals surface area contributed by atoms with Crippen molar-refractivity contribution in [3.8, 4) is 0 Å². The number of nitrogens with zero attached hydrogens (tertiary/aromatic N) is 5. The van der Waals surface area contributed by atoms with Gasteiger partial charge in [0.05, 0.1) is 11.0 Å². The number of aromatic nitrogens is 4. The molecule has 0 N–H and O–H groups in total. The van der Waals surface area contributed by atoms with Crippen molar-refractivity contribution in [2.24, 2.45) is 14.1 Å². The van der Waals surface area contributed by atoms with Gasteiger partial charge in [0.2, 0.25) is 11.2 Å². The molecule has 2 heterocycles. The number of fused-ring (bicyclic) bond motifs is 2. The first kappa shape index (κ1) is 13.7. The van der Waals surface area contributed by atoms with Gasteiger partial charge in [-0.25, -0.2) is 9.78 Å². The Morgan fingerprint density at radius 1 is 1.23 bits per heavy atom. The first-order chi connectivity index (χ1) is 10.3. The highest BCUT2D eigenvalue weighted by molar-refractivity contribution is 5.80. The van der Waals surface area contributed by atoms with Crippen molar-refractivity contribution in [3.63, 3.8) is 0 Å². The van der Waals surface area contributed by atoms with E-state index in [1.807, 2.05) is 0 Å². The highest BCUT2D eigenvalue weighted by Gasteiger charge is 2.22. The quantitative estimate of drug-likeness (QED) is 0.193. The number of nitro benzene ring substituents is 1. The fraction of sp³-hybridized carbons (Fsp3) is 0.167. The Hall–Kier alpha value is -3.30. The van der Waals surface area contributed by atoms with Crippen molar-refractivity contribution >= 4 is 27.9 Å². The van der Waals surface area contributed by atoms with Gasteiger partial charge in [-0.05, 0) is 6.07 Å². The number of hydrogen-bond acceptors (Lipinski definition) is 6. The summed E-state index contributed by atoms with van der Waals surface area (Å²) >= 11 is 0. The van der Waals surface area contributed by atoms with Crippen molar-refractivity contribution in [2.45, 2.75) is 0 Å². The minimum atomic E-state index is -0.811. The fourth-order valence-electron chi connectivity index (χ4n) is 2.24. The van der Waals surface area contributed by atoms with Gasteiger partial charge in [0, 0.05) is 20.2 Å². The molecule has 0 aliphatic rings. The first-order valence-electron chi connectivity index (χ1n) is 6.10. The van der Waals surface area contributed by atoms with Crippen molar-refractivity contribution in [2.75, 3.05) is 0 Å². The largest absolute Gasteiger partial charge is 0.618 e. The lowest BCUT2D eigenvalue weighted by molar-refractivity contribution is -0.549. The highest BCUT2D eigenvalue weighted by Crippen LogP contribution is 2.18. The van der Waals surface area contributed by atoms with Crippen molar-refractivity contribution in [1.29, 1.82) is 0 Å². The van der Waals surface area contributed by atoms with E-state index in [0.717, 1.165) is 15.2 Å². The molecular weight excluding hydrogens is 294 g/mol. The second-order valence-electron chi connectivity index (χ2n) is 4.71. The monoisotopic (exact) mass is 303 g/mol. The average Bonchev–Trinajstić information content (AvgIpc) is 2.50. The third-order valence-corrected chi connectivity index (χ3v) is 3.43. The predicted molar refractivity (Wildman–Crippen MR) is 75.3 cm³/mol. The number of aryl methyl sites for hydroxylation is 1. The molecule has 0 fully saturated rings. The molecule has 3 aromatic rings. The van der Waals surface area contributed by atoms with Crippen molar-refractivity contribution in [1.82, 2.24) is 14.1 Å². The van der Waals surface area contributed by atoms with Crippen LogP contribution in [0.25, 0.3) is 22.2 Å². The highest BCUT2D eigenvalue weighted by atomic mass is 16.6. The number of rotatable bonds is 1. The Morgan fingerprint density at radius 2 is 1.91 bits per heavy atom. The molecule has 0 aliphatic heterocycles. The smallest absolute Gasteiger partial charge is 0.332 e. The topological polar surface area (TPSA) is 127 Å². The van der Waals surface area contributed by atoms with Gasteiger partial charge in [0.25, 0.3) is 5.69 Å². The Morgan fingerprint density at radius 3 is 2.55 bits per heavy atom. The molecule has 2 aromatic heterocycles. The third-order valence-electron chi connectivity index (χ3n) is 3.43. The number of benzene rings is 1. The van der Waals surface area contributed by atoms with Crippen molar-refractivity contribution in [3.05, 3.63) is 54.4 Å². The predicted octanol–water partition coefficient (Wildman–Crippen LogP) is -0.673. The molecule has 0 saturated carbocycles. The molecule has 0 spiro atoms. The molecule has 10 heteroatoms. The molecule has 3 rings (SSSR count). The number of nitro groups is 1. The molecule has 1 aromatic carbocycles. The van der Waals surface area contributed by atoms with Gasteiger partial charge < -0.3 is 5.21 Å². The van der Waals surface area contributed by atoms with Crippen LogP contribution < -0.4 is 16.0 Å². The van der Waals surface area contributed by atoms with Gasteiger partial charge in [0.15, 0.2) is 0 Å². The first-order valence-corrected chi connectivity index (χ1v) is 6.10. The van der Waals surface area contributed by atoms with Gasteiger partial charge in [-0.2, -0.15) is 4.73 Å². The molecule has 0 atom stereocenters. The Balaban J connectivity index is 2.62. The molecule has 112 valence electrons. The zero-order chi connectivity index (χ0) is 16.2. The van der Waals surface area contributed by atoms with Crippen LogP contribution in [-0.2, 0) is 14.1 Å². The van der Waals surface area contributed by atoms with E-state index in [1.54, 1.807) is 0 Å². The summed E-state index contributed by atoms with van der Waals surface area (Å²) < 4.78 is 2.13. The Labute approximate surface area is 121 Å². The summed E-state index contributed by atoms with van der Waals surface area (Å²) in [5, 5.41) is 23.2. The van der Waals surface area contributed by atoms with Crippen LogP contribution in [0.5, 0.6) is 0 Å². The van der Waals surface area contributed by atoms with E-state index in [2.05, 4.69) is 4.98 Å². The summed E-state index contributed by atoms with van der Waals surface area (Å²) in [5.41, 5.74) is -2.11. The SMILES string of the molecule is Cn1c(=O)c2c(nc3ccc([N+](=O)[O-])cc3[n+]2[O-])n(C)c1=O. The molecule has 0 bridgehead atoms. The lowest BCUT2D eigenvalue weighted by Gasteiger charge is -2.08. The lowest BCUT2D eigenvalue weighted by Crippen LogP contribution is -2.44. The van der Waals surface area contributed by atoms with Crippen LogP contribution in [0, 0.1) is 15.3 Å². The fourth-order valence-corrected chi connectivity index (χ4v) is 2.24. The molecule has 10 nitrogen and oxygen atoms in total. The molecule has 0 radical (unpaired) electrons. The van der Waals surface area contributed by atoms with E-state index < -0.39 is 16.2 Å². The average molecular weight is 303 g/mol. The third kappa shape index (κ3) is 1.67. The van der Waals surface area contributed by atoms with Crippen LogP contribution in [0.15, 0.2) is 27.8 Å². The Kier molecular flexibility index (Phi) is 2.70. The van der Waals surface area contributed by atoms with Crippen LogP contribution in [0.1, 0.15) is 0 Å². The summed E-state index contributed by atoms with van der Waals surface area (Å²) in [4.78, 5) is 38.3. The van der Waals surface area contributed by atoms with Gasteiger partial charge in [-0.1, -0.05) is 0 Å². The standard InChI is InChI=1S/C12H9N5O5/c1-14-10-9(11(18)15(2)12(14)19)16(20)8-5-6(17(21)22)3-4-7(8)13-10/h3-5H,1-2H3. The summed E-state index contributed by atoms with van der Waals surface area (Å²) in [6.07, 6.45) is 0. The molecule has 22 heavy (non-hydrogen) atoms. The minimum Gasteiger partial charge on any atom is -0.618 e. The maximum atomic E-state index is 12.4. The molecule has 0 aliphatic carbocycles. The van der Waals surface area contributed by atoms with Gasteiger partial charge >= 0.3 is 16.8 Å². The summed E-state index contributed by atoms with van der Waals surface area (Å²) in [6.45, 7) is 0. The van der Waals surface area contributed by atoms with E-state index >= 15 is 0 Å². The van der Waals surface area contributed by atoms with Gasteiger partial charge in [-0.3, -0.25) is 24.0 Å². The van der Waals surface area contributed by atoms with Gasteiger partial charge in [0.1, 0.15) is 5.52 Å².